The molecular formula is C14H23N5O3. The summed E-state index contributed by atoms with van der Waals surface area (Å²) in [7, 11) is 1.39. The highest BCUT2D eigenvalue weighted by Gasteiger charge is 2.32. The van der Waals surface area contributed by atoms with Crippen LogP contribution in [0.3, 0.4) is 0 Å². The number of hydrogen-bond donors (Lipinski definition) is 1. The average Bonchev–Trinajstić information content (AvgIpc) is 3.35. The van der Waals surface area contributed by atoms with Gasteiger partial charge in [-0.2, -0.15) is 4.98 Å². The number of aromatic nitrogens is 2. The highest BCUT2D eigenvalue weighted by atomic mass is 16.6. The van der Waals surface area contributed by atoms with Gasteiger partial charge in [0.2, 0.25) is 5.82 Å². The van der Waals surface area contributed by atoms with Crippen LogP contribution in [-0.4, -0.2) is 53.1 Å². The van der Waals surface area contributed by atoms with E-state index in [1.165, 1.54) is 7.11 Å². The number of rotatable bonds is 9. The van der Waals surface area contributed by atoms with E-state index in [4.69, 9.17) is 4.74 Å². The van der Waals surface area contributed by atoms with Crippen LogP contribution in [0.4, 0.5) is 11.5 Å². The van der Waals surface area contributed by atoms with Crippen molar-refractivity contribution in [3.63, 3.8) is 0 Å². The Balaban J connectivity index is 2.19. The van der Waals surface area contributed by atoms with Gasteiger partial charge >= 0.3 is 5.69 Å². The molecule has 1 N–H and O–H groups in total. The number of likely N-dealkylation sites (N-methyl/N-ethyl adjacent to an activating group) is 1. The number of nitrogens with zero attached hydrogens (tertiary/aromatic N) is 4. The third-order valence-electron chi connectivity index (χ3n) is 3.80. The molecular weight excluding hydrogens is 286 g/mol. The number of methoxy groups -OCH3 is 1. The van der Waals surface area contributed by atoms with Gasteiger partial charge in [0, 0.05) is 19.0 Å². The molecule has 122 valence electrons. The first-order valence-electron chi connectivity index (χ1n) is 7.67. The van der Waals surface area contributed by atoms with Gasteiger partial charge in [-0.25, -0.2) is 4.98 Å². The average molecular weight is 309 g/mol. The number of hydrogen-bond acceptors (Lipinski definition) is 7. The van der Waals surface area contributed by atoms with Gasteiger partial charge in [-0.15, -0.1) is 0 Å². The van der Waals surface area contributed by atoms with Crippen LogP contribution in [-0.2, 0) is 0 Å². The van der Waals surface area contributed by atoms with Crippen LogP contribution in [0.1, 0.15) is 38.4 Å². The van der Waals surface area contributed by atoms with Gasteiger partial charge in [0.1, 0.15) is 5.82 Å². The van der Waals surface area contributed by atoms with Gasteiger partial charge in [0.05, 0.1) is 12.0 Å². The Hall–Kier alpha value is -1.96. The maximum Gasteiger partial charge on any atom is 0.372 e. The molecule has 0 spiro atoms. The van der Waals surface area contributed by atoms with E-state index in [9.17, 15) is 10.1 Å². The molecule has 8 heteroatoms. The Morgan fingerprint density at radius 1 is 1.36 bits per heavy atom. The minimum atomic E-state index is -0.491. The third-order valence-corrected chi connectivity index (χ3v) is 3.80. The summed E-state index contributed by atoms with van der Waals surface area (Å²) in [5.41, 5.74) is -0.188. The highest BCUT2D eigenvalue weighted by molar-refractivity contribution is 5.62. The number of nitro groups is 1. The summed E-state index contributed by atoms with van der Waals surface area (Å²) in [5, 5.41) is 14.4. The summed E-state index contributed by atoms with van der Waals surface area (Å²) >= 11 is 0. The molecule has 1 aliphatic rings. The first-order chi connectivity index (χ1) is 10.6. The molecule has 0 amide bonds. The molecule has 8 nitrogen and oxygen atoms in total. The summed E-state index contributed by atoms with van der Waals surface area (Å²) in [6, 6.07) is 0. The number of anilines is 1. The van der Waals surface area contributed by atoms with Gasteiger partial charge in [0.25, 0.3) is 5.88 Å². The summed E-state index contributed by atoms with van der Waals surface area (Å²) in [4.78, 5) is 21.6. The van der Waals surface area contributed by atoms with E-state index in [0.717, 1.165) is 32.5 Å². The van der Waals surface area contributed by atoms with Crippen molar-refractivity contribution in [1.29, 1.82) is 0 Å². The summed E-state index contributed by atoms with van der Waals surface area (Å²) in [6.45, 7) is 7.46. The SMILES string of the molecule is CCN(CC)CCNc1nc(C2CC2)nc(OC)c1[N+](=O)[O-]. The van der Waals surface area contributed by atoms with Crippen LogP contribution < -0.4 is 10.1 Å². The lowest BCUT2D eigenvalue weighted by molar-refractivity contribution is -0.385. The Morgan fingerprint density at radius 3 is 2.55 bits per heavy atom. The Morgan fingerprint density at radius 2 is 2.05 bits per heavy atom. The molecule has 1 aromatic heterocycles. The lowest BCUT2D eigenvalue weighted by Gasteiger charge is -2.18. The molecule has 0 unspecified atom stereocenters. The monoisotopic (exact) mass is 309 g/mol. The van der Waals surface area contributed by atoms with Gasteiger partial charge in [-0.1, -0.05) is 13.8 Å². The molecule has 1 aromatic rings. The minimum absolute atomic E-state index is 0.0345. The first-order valence-corrected chi connectivity index (χ1v) is 7.67. The highest BCUT2D eigenvalue weighted by Crippen LogP contribution is 2.41. The largest absolute Gasteiger partial charge is 0.476 e. The summed E-state index contributed by atoms with van der Waals surface area (Å²) < 4.78 is 5.09. The van der Waals surface area contributed by atoms with Crippen LogP contribution in [0.25, 0.3) is 0 Å². The maximum atomic E-state index is 11.3. The van der Waals surface area contributed by atoms with E-state index >= 15 is 0 Å². The van der Waals surface area contributed by atoms with E-state index in [1.807, 2.05) is 0 Å². The van der Waals surface area contributed by atoms with Crippen LogP contribution in [0.15, 0.2) is 0 Å². The smallest absolute Gasteiger partial charge is 0.372 e. The Kier molecular flexibility index (Phi) is 5.48. The molecule has 0 atom stereocenters. The molecule has 0 saturated heterocycles. The Labute approximate surface area is 130 Å². The minimum Gasteiger partial charge on any atom is -0.476 e. The summed E-state index contributed by atoms with van der Waals surface area (Å²) in [5.74, 6) is 1.23. The van der Waals surface area contributed by atoms with E-state index in [1.54, 1.807) is 0 Å². The molecule has 1 fully saturated rings. The van der Waals surface area contributed by atoms with Crippen LogP contribution >= 0.6 is 0 Å². The molecule has 1 heterocycles. The second-order valence-corrected chi connectivity index (χ2v) is 5.27. The fraction of sp³-hybridized carbons (Fsp3) is 0.714. The molecule has 0 aliphatic heterocycles. The van der Waals surface area contributed by atoms with Crippen molar-refractivity contribution in [2.75, 3.05) is 38.6 Å². The molecule has 2 rings (SSSR count). The molecule has 0 bridgehead atoms. The second kappa shape index (κ2) is 7.35. The third kappa shape index (κ3) is 3.82. The second-order valence-electron chi connectivity index (χ2n) is 5.27. The fourth-order valence-electron chi connectivity index (χ4n) is 2.28. The number of ether oxygens (including phenoxy) is 1. The van der Waals surface area contributed by atoms with Crippen LogP contribution in [0, 0.1) is 10.1 Å². The van der Waals surface area contributed by atoms with Crippen molar-refractivity contribution in [3.8, 4) is 5.88 Å². The lowest BCUT2D eigenvalue weighted by Crippen LogP contribution is -2.29. The van der Waals surface area contributed by atoms with Gasteiger partial charge in [-0.3, -0.25) is 10.1 Å². The number of nitrogens with one attached hydrogen (secondary N) is 1. The first kappa shape index (κ1) is 16.4. The normalized spacial score (nSPS) is 14.2. The predicted molar refractivity (Wildman–Crippen MR) is 83.5 cm³/mol. The van der Waals surface area contributed by atoms with Crippen molar-refractivity contribution in [2.24, 2.45) is 0 Å². The maximum absolute atomic E-state index is 11.3. The van der Waals surface area contributed by atoms with E-state index in [2.05, 4.69) is 34.0 Å². The van der Waals surface area contributed by atoms with Crippen LogP contribution in [0.5, 0.6) is 5.88 Å². The molecule has 22 heavy (non-hydrogen) atoms. The topological polar surface area (TPSA) is 93.4 Å². The zero-order chi connectivity index (χ0) is 16.1. The van der Waals surface area contributed by atoms with Crippen molar-refractivity contribution in [1.82, 2.24) is 14.9 Å². The van der Waals surface area contributed by atoms with Gasteiger partial charge in [0.15, 0.2) is 0 Å². The summed E-state index contributed by atoms with van der Waals surface area (Å²) in [6.07, 6.45) is 2.06. The van der Waals surface area contributed by atoms with Gasteiger partial charge < -0.3 is 15.0 Å². The van der Waals surface area contributed by atoms with E-state index in [-0.39, 0.29) is 17.4 Å². The van der Waals surface area contributed by atoms with Crippen molar-refractivity contribution < 1.29 is 9.66 Å². The standard InChI is InChI=1S/C14H23N5O3/c1-4-18(5-2)9-8-15-13-11(19(20)21)14(22-3)17-12(16-13)10-6-7-10/h10H,4-9H2,1-3H3,(H,15,16,17). The molecule has 0 aromatic carbocycles. The Bertz CT molecular complexity index is 529. The van der Waals surface area contributed by atoms with E-state index < -0.39 is 4.92 Å². The van der Waals surface area contributed by atoms with Crippen molar-refractivity contribution in [2.45, 2.75) is 32.6 Å². The van der Waals surface area contributed by atoms with Gasteiger partial charge in [-0.05, 0) is 25.9 Å². The lowest BCUT2D eigenvalue weighted by atomic mass is 10.3. The molecule has 1 saturated carbocycles. The molecule has 1 aliphatic carbocycles. The molecule has 0 radical (unpaired) electrons. The van der Waals surface area contributed by atoms with Crippen molar-refractivity contribution in [3.05, 3.63) is 15.9 Å². The van der Waals surface area contributed by atoms with E-state index in [0.29, 0.717) is 18.3 Å². The quantitative estimate of drug-likeness (QED) is 0.551. The predicted octanol–water partition coefficient (Wildman–Crippen LogP) is 2.02. The zero-order valence-corrected chi connectivity index (χ0v) is 13.3. The van der Waals surface area contributed by atoms with Crippen LogP contribution in [0.2, 0.25) is 0 Å². The van der Waals surface area contributed by atoms with Crippen molar-refractivity contribution >= 4 is 11.5 Å². The zero-order valence-electron chi connectivity index (χ0n) is 13.3. The fourth-order valence-corrected chi connectivity index (χ4v) is 2.28.